The molecule has 2 aromatic carbocycles. The zero-order valence-electron chi connectivity index (χ0n) is 14.4. The first-order chi connectivity index (χ1) is 12.4. The summed E-state index contributed by atoms with van der Waals surface area (Å²) in [5, 5.41) is 12.5. The summed E-state index contributed by atoms with van der Waals surface area (Å²) in [7, 11) is 0. The number of hydrogen-bond donors (Lipinski definition) is 2. The highest BCUT2D eigenvalue weighted by molar-refractivity contribution is 7.80. The van der Waals surface area contributed by atoms with Crippen LogP contribution < -0.4 is 10.6 Å². The monoisotopic (exact) mass is 404 g/mol. The second kappa shape index (κ2) is 8.08. The zero-order chi connectivity index (χ0) is 18.7. The average Bonchev–Trinajstić information content (AvgIpc) is 3.00. The highest BCUT2D eigenvalue weighted by atomic mass is 35.5. The van der Waals surface area contributed by atoms with Crippen LogP contribution in [0.15, 0.2) is 48.7 Å². The predicted octanol–water partition coefficient (Wildman–Crippen LogP) is 5.66. The standard InChI is InChI=1S/C19H18Cl2N4S/c1-12-3-4-13(2)17(9-12)22-19(26)23-18-7-8-25(24-18)11-14-5-6-15(20)10-16(14)21/h3-10H,11H2,1-2H3,(H2,22,23,24,26). The topological polar surface area (TPSA) is 41.9 Å². The quantitative estimate of drug-likeness (QED) is 0.550. The van der Waals surface area contributed by atoms with Crippen LogP contribution >= 0.6 is 35.4 Å². The summed E-state index contributed by atoms with van der Waals surface area (Å²) in [6, 6.07) is 13.5. The van der Waals surface area contributed by atoms with E-state index in [0.717, 1.165) is 16.8 Å². The van der Waals surface area contributed by atoms with Gasteiger partial charge in [-0.1, -0.05) is 41.4 Å². The lowest BCUT2D eigenvalue weighted by molar-refractivity contribution is 0.690. The second-order valence-corrected chi connectivity index (χ2v) is 7.28. The Morgan fingerprint density at radius 1 is 1.08 bits per heavy atom. The van der Waals surface area contributed by atoms with Gasteiger partial charge in [-0.2, -0.15) is 5.10 Å². The minimum Gasteiger partial charge on any atom is -0.332 e. The maximum atomic E-state index is 6.22. The van der Waals surface area contributed by atoms with Gasteiger partial charge in [0.15, 0.2) is 10.9 Å². The van der Waals surface area contributed by atoms with Gasteiger partial charge in [-0.15, -0.1) is 0 Å². The van der Waals surface area contributed by atoms with Crippen molar-refractivity contribution in [3.05, 3.63) is 75.4 Å². The minimum absolute atomic E-state index is 0.494. The van der Waals surface area contributed by atoms with Crippen LogP contribution in [-0.2, 0) is 6.54 Å². The van der Waals surface area contributed by atoms with E-state index in [9.17, 15) is 0 Å². The van der Waals surface area contributed by atoms with Crippen molar-refractivity contribution in [3.8, 4) is 0 Å². The lowest BCUT2D eigenvalue weighted by atomic mass is 10.1. The van der Waals surface area contributed by atoms with E-state index in [1.54, 1.807) is 10.7 Å². The summed E-state index contributed by atoms with van der Waals surface area (Å²) in [4.78, 5) is 0. The van der Waals surface area contributed by atoms with Gasteiger partial charge in [-0.05, 0) is 61.0 Å². The Hall–Kier alpha value is -2.08. The number of thiocarbonyl (C=S) groups is 1. The summed E-state index contributed by atoms with van der Waals surface area (Å²) in [6.45, 7) is 4.63. The molecule has 0 saturated carbocycles. The van der Waals surface area contributed by atoms with Gasteiger partial charge in [0.05, 0.1) is 6.54 Å². The van der Waals surface area contributed by atoms with Crippen LogP contribution in [-0.4, -0.2) is 14.9 Å². The SMILES string of the molecule is Cc1ccc(C)c(NC(=S)Nc2ccn(Cc3ccc(Cl)cc3Cl)n2)c1. The summed E-state index contributed by atoms with van der Waals surface area (Å²) < 4.78 is 1.79. The molecule has 0 aliphatic rings. The highest BCUT2D eigenvalue weighted by Crippen LogP contribution is 2.22. The maximum absolute atomic E-state index is 6.22. The van der Waals surface area contributed by atoms with E-state index in [0.29, 0.717) is 27.5 Å². The van der Waals surface area contributed by atoms with E-state index in [-0.39, 0.29) is 0 Å². The van der Waals surface area contributed by atoms with Gasteiger partial charge >= 0.3 is 0 Å². The number of aryl methyl sites for hydroxylation is 2. The van der Waals surface area contributed by atoms with Crippen LogP contribution in [0.1, 0.15) is 16.7 Å². The lowest BCUT2D eigenvalue weighted by Crippen LogP contribution is -2.20. The molecule has 0 amide bonds. The Kier molecular flexibility index (Phi) is 5.81. The molecule has 3 aromatic rings. The smallest absolute Gasteiger partial charge is 0.176 e. The maximum Gasteiger partial charge on any atom is 0.176 e. The average molecular weight is 405 g/mol. The molecule has 0 bridgehead atoms. The van der Waals surface area contributed by atoms with Crippen molar-refractivity contribution < 1.29 is 0 Å². The third-order valence-corrected chi connectivity index (χ3v) is 4.66. The molecule has 0 unspecified atom stereocenters. The Morgan fingerprint density at radius 3 is 2.65 bits per heavy atom. The van der Waals surface area contributed by atoms with E-state index < -0.39 is 0 Å². The number of rotatable bonds is 4. The third-order valence-electron chi connectivity index (χ3n) is 3.87. The molecule has 134 valence electrons. The second-order valence-electron chi connectivity index (χ2n) is 6.03. The van der Waals surface area contributed by atoms with Crippen LogP contribution in [0.2, 0.25) is 10.0 Å². The van der Waals surface area contributed by atoms with E-state index in [1.807, 2.05) is 38.2 Å². The molecule has 4 nitrogen and oxygen atoms in total. The zero-order valence-corrected chi connectivity index (χ0v) is 16.7. The first kappa shape index (κ1) is 18.7. The fraction of sp³-hybridized carbons (Fsp3) is 0.158. The summed E-state index contributed by atoms with van der Waals surface area (Å²) in [5.74, 6) is 0.665. The molecule has 1 heterocycles. The number of benzene rings is 2. The molecule has 1 aromatic heterocycles. The van der Waals surface area contributed by atoms with Crippen molar-refractivity contribution in [2.45, 2.75) is 20.4 Å². The van der Waals surface area contributed by atoms with Crippen LogP contribution in [0.25, 0.3) is 0 Å². The van der Waals surface area contributed by atoms with Crippen LogP contribution in [0.5, 0.6) is 0 Å². The molecule has 0 fully saturated rings. The van der Waals surface area contributed by atoms with Gasteiger partial charge in [-0.3, -0.25) is 4.68 Å². The molecule has 0 saturated heterocycles. The summed E-state index contributed by atoms with van der Waals surface area (Å²) >= 11 is 17.5. The third kappa shape index (κ3) is 4.75. The Balaban J connectivity index is 1.64. The van der Waals surface area contributed by atoms with Crippen molar-refractivity contribution >= 4 is 52.0 Å². The molecule has 0 aliphatic heterocycles. The van der Waals surface area contributed by atoms with E-state index in [2.05, 4.69) is 33.9 Å². The number of nitrogens with zero attached hydrogens (tertiary/aromatic N) is 2. The molecule has 7 heteroatoms. The molecule has 0 aliphatic carbocycles. The van der Waals surface area contributed by atoms with Crippen molar-refractivity contribution in [2.75, 3.05) is 10.6 Å². The molecule has 0 radical (unpaired) electrons. The first-order valence-electron chi connectivity index (χ1n) is 8.03. The van der Waals surface area contributed by atoms with Crippen LogP contribution in [0.4, 0.5) is 11.5 Å². The number of aromatic nitrogens is 2. The number of anilines is 2. The molecular formula is C19H18Cl2N4S. The van der Waals surface area contributed by atoms with E-state index in [1.165, 1.54) is 5.56 Å². The molecule has 26 heavy (non-hydrogen) atoms. The van der Waals surface area contributed by atoms with Crippen LogP contribution in [0, 0.1) is 13.8 Å². The minimum atomic E-state index is 0.494. The molecule has 0 atom stereocenters. The predicted molar refractivity (Wildman–Crippen MR) is 114 cm³/mol. The van der Waals surface area contributed by atoms with Crippen molar-refractivity contribution in [1.29, 1.82) is 0 Å². The normalized spacial score (nSPS) is 10.6. The van der Waals surface area contributed by atoms with Gasteiger partial charge < -0.3 is 10.6 Å². The molecular weight excluding hydrogens is 387 g/mol. The van der Waals surface area contributed by atoms with Gasteiger partial charge in [-0.25, -0.2) is 0 Å². The largest absolute Gasteiger partial charge is 0.332 e. The Bertz CT molecular complexity index is 952. The fourth-order valence-corrected chi connectivity index (χ4v) is 3.16. The molecule has 3 rings (SSSR count). The fourth-order valence-electron chi connectivity index (χ4n) is 2.48. The summed E-state index contributed by atoms with van der Waals surface area (Å²) in [5.41, 5.74) is 4.23. The first-order valence-corrected chi connectivity index (χ1v) is 9.20. The van der Waals surface area contributed by atoms with Crippen LogP contribution in [0.3, 0.4) is 0 Å². The van der Waals surface area contributed by atoms with Gasteiger partial charge in [0, 0.05) is 28.0 Å². The van der Waals surface area contributed by atoms with Gasteiger partial charge in [0.1, 0.15) is 0 Å². The van der Waals surface area contributed by atoms with Gasteiger partial charge in [0.25, 0.3) is 0 Å². The number of nitrogens with one attached hydrogen (secondary N) is 2. The molecule has 2 N–H and O–H groups in total. The van der Waals surface area contributed by atoms with Crippen molar-refractivity contribution in [1.82, 2.24) is 9.78 Å². The van der Waals surface area contributed by atoms with Gasteiger partial charge in [0.2, 0.25) is 0 Å². The molecule has 0 spiro atoms. The van der Waals surface area contributed by atoms with Crippen molar-refractivity contribution in [3.63, 3.8) is 0 Å². The van der Waals surface area contributed by atoms with E-state index in [4.69, 9.17) is 35.4 Å². The Morgan fingerprint density at radius 2 is 1.88 bits per heavy atom. The number of hydrogen-bond acceptors (Lipinski definition) is 2. The number of halogens is 2. The highest BCUT2D eigenvalue weighted by Gasteiger charge is 2.07. The summed E-state index contributed by atoms with van der Waals surface area (Å²) in [6.07, 6.45) is 1.87. The van der Waals surface area contributed by atoms with E-state index >= 15 is 0 Å². The lowest BCUT2D eigenvalue weighted by Gasteiger charge is -2.12. The Labute approximate surface area is 168 Å². The van der Waals surface area contributed by atoms with Crippen molar-refractivity contribution in [2.24, 2.45) is 0 Å².